The number of aromatic nitrogens is 1. The number of rotatable bonds is 2. The molecule has 0 bridgehead atoms. The van der Waals surface area contributed by atoms with Gasteiger partial charge in [0, 0.05) is 21.4 Å². The molecule has 1 aromatic carbocycles. The lowest BCUT2D eigenvalue weighted by molar-refractivity contribution is 0.102. The third-order valence-electron chi connectivity index (χ3n) is 2.39. The topological polar surface area (TPSA) is 68.0 Å². The molecule has 0 unspecified atom stereocenters. The Morgan fingerprint density at radius 2 is 2.11 bits per heavy atom. The van der Waals surface area contributed by atoms with Crippen LogP contribution in [0.15, 0.2) is 40.9 Å². The van der Waals surface area contributed by atoms with Gasteiger partial charge in [-0.15, -0.1) is 0 Å². The maximum absolute atomic E-state index is 12.0. The fourth-order valence-electron chi connectivity index (χ4n) is 1.49. The maximum atomic E-state index is 12.0. The monoisotopic (exact) mass is 305 g/mol. The molecule has 0 saturated carbocycles. The fraction of sp³-hybridized carbons (Fsp3) is 0.0769. The molecule has 0 saturated heterocycles. The number of carbonyl (C=O) groups is 1. The molecule has 3 N–H and O–H groups in total. The number of hydrogen-bond donors (Lipinski definition) is 2. The molecule has 1 aromatic heterocycles. The molecule has 2 rings (SSSR count). The van der Waals surface area contributed by atoms with Gasteiger partial charge in [0.2, 0.25) is 0 Å². The summed E-state index contributed by atoms with van der Waals surface area (Å²) in [6.07, 6.45) is 0. The van der Waals surface area contributed by atoms with E-state index in [9.17, 15) is 4.79 Å². The summed E-state index contributed by atoms with van der Waals surface area (Å²) in [5.41, 5.74) is 7.61. The van der Waals surface area contributed by atoms with Crippen molar-refractivity contribution in [3.63, 3.8) is 0 Å². The molecule has 4 nitrogen and oxygen atoms in total. The van der Waals surface area contributed by atoms with E-state index in [-0.39, 0.29) is 5.91 Å². The molecule has 0 aliphatic carbocycles. The van der Waals surface area contributed by atoms with Gasteiger partial charge in [-0.25, -0.2) is 4.98 Å². The van der Waals surface area contributed by atoms with Crippen LogP contribution in [0, 0.1) is 6.92 Å². The summed E-state index contributed by atoms with van der Waals surface area (Å²) in [5, 5.41) is 2.72. The minimum absolute atomic E-state index is 0.229. The highest BCUT2D eigenvalue weighted by Crippen LogP contribution is 2.20. The van der Waals surface area contributed by atoms with Gasteiger partial charge >= 0.3 is 0 Å². The molecule has 18 heavy (non-hydrogen) atoms. The summed E-state index contributed by atoms with van der Waals surface area (Å²) in [5.74, 6) is 0.300. The fourth-order valence-corrected chi connectivity index (χ4v) is 1.73. The molecular formula is C13H12BrN3O. The van der Waals surface area contributed by atoms with E-state index in [1.165, 1.54) is 0 Å². The molecule has 0 spiro atoms. The molecule has 5 heteroatoms. The highest BCUT2D eigenvalue weighted by atomic mass is 79.9. The van der Waals surface area contributed by atoms with Gasteiger partial charge in [-0.05, 0) is 53.2 Å². The van der Waals surface area contributed by atoms with Crippen molar-refractivity contribution < 1.29 is 4.79 Å². The Bertz CT molecular complexity index is 599. The second kappa shape index (κ2) is 5.18. The van der Waals surface area contributed by atoms with Crippen LogP contribution < -0.4 is 11.1 Å². The Balaban J connectivity index is 2.19. The molecule has 0 aliphatic heterocycles. The predicted octanol–water partition coefficient (Wildman–Crippen LogP) is 2.99. The first-order chi connectivity index (χ1) is 8.56. The van der Waals surface area contributed by atoms with E-state index in [4.69, 9.17) is 5.73 Å². The molecule has 1 heterocycles. The average molecular weight is 306 g/mol. The number of nitrogens with one attached hydrogen (secondary N) is 1. The summed E-state index contributed by atoms with van der Waals surface area (Å²) in [6.45, 7) is 1.87. The lowest BCUT2D eigenvalue weighted by Crippen LogP contribution is -2.13. The molecule has 0 fully saturated rings. The molecule has 92 valence electrons. The summed E-state index contributed by atoms with van der Waals surface area (Å²) in [7, 11) is 0. The third-order valence-corrected chi connectivity index (χ3v) is 3.11. The number of hydrogen-bond acceptors (Lipinski definition) is 3. The van der Waals surface area contributed by atoms with Gasteiger partial charge < -0.3 is 11.1 Å². The Morgan fingerprint density at radius 1 is 1.33 bits per heavy atom. The molecule has 2 aromatic rings. The molecule has 0 radical (unpaired) electrons. The van der Waals surface area contributed by atoms with E-state index in [0.717, 1.165) is 10.2 Å². The Kier molecular flexibility index (Phi) is 3.62. The second-order valence-corrected chi connectivity index (χ2v) is 4.71. The van der Waals surface area contributed by atoms with E-state index in [0.29, 0.717) is 17.1 Å². The summed E-state index contributed by atoms with van der Waals surface area (Å²) in [6, 6.07) is 10.5. The van der Waals surface area contributed by atoms with Gasteiger partial charge in [-0.3, -0.25) is 4.79 Å². The van der Waals surface area contributed by atoms with Crippen LogP contribution in [0.2, 0.25) is 0 Å². The number of anilines is 2. The number of halogens is 1. The first-order valence-electron chi connectivity index (χ1n) is 5.36. The third kappa shape index (κ3) is 2.87. The molecule has 1 amide bonds. The highest BCUT2D eigenvalue weighted by molar-refractivity contribution is 9.10. The molecule has 0 atom stereocenters. The van der Waals surface area contributed by atoms with Crippen LogP contribution in [0.5, 0.6) is 0 Å². The van der Waals surface area contributed by atoms with Crippen molar-refractivity contribution in [2.24, 2.45) is 0 Å². The van der Waals surface area contributed by atoms with Crippen LogP contribution in [0.1, 0.15) is 16.1 Å². The zero-order valence-electron chi connectivity index (χ0n) is 9.77. The number of benzene rings is 1. The number of aryl methyl sites for hydroxylation is 1. The van der Waals surface area contributed by atoms with E-state index >= 15 is 0 Å². The summed E-state index contributed by atoms with van der Waals surface area (Å²) < 4.78 is 0.771. The maximum Gasteiger partial charge on any atom is 0.256 e. The van der Waals surface area contributed by atoms with Crippen molar-refractivity contribution >= 4 is 33.3 Å². The van der Waals surface area contributed by atoms with E-state index in [1.807, 2.05) is 19.1 Å². The van der Waals surface area contributed by atoms with Crippen molar-refractivity contribution in [1.82, 2.24) is 4.98 Å². The predicted molar refractivity (Wildman–Crippen MR) is 75.5 cm³/mol. The van der Waals surface area contributed by atoms with Gasteiger partial charge in [0.1, 0.15) is 5.82 Å². The molecular weight excluding hydrogens is 294 g/mol. The van der Waals surface area contributed by atoms with Gasteiger partial charge in [0.05, 0.1) is 0 Å². The lowest BCUT2D eigenvalue weighted by Gasteiger charge is -2.06. The number of nitrogens with two attached hydrogens (primary N) is 1. The Hall–Kier alpha value is -1.88. The zero-order valence-corrected chi connectivity index (χ0v) is 11.4. The Morgan fingerprint density at radius 3 is 2.78 bits per heavy atom. The van der Waals surface area contributed by atoms with Crippen molar-refractivity contribution in [3.8, 4) is 0 Å². The van der Waals surface area contributed by atoms with Crippen molar-refractivity contribution in [3.05, 3.63) is 52.1 Å². The van der Waals surface area contributed by atoms with Crippen LogP contribution in [-0.2, 0) is 0 Å². The summed E-state index contributed by atoms with van der Waals surface area (Å²) >= 11 is 3.29. The quantitative estimate of drug-likeness (QED) is 0.838. The lowest BCUT2D eigenvalue weighted by atomic mass is 10.2. The largest absolute Gasteiger partial charge is 0.398 e. The van der Waals surface area contributed by atoms with Crippen LogP contribution in [0.4, 0.5) is 11.5 Å². The van der Waals surface area contributed by atoms with Gasteiger partial charge in [-0.1, -0.05) is 6.07 Å². The van der Waals surface area contributed by atoms with E-state index in [1.54, 1.807) is 24.3 Å². The first kappa shape index (κ1) is 12.6. The average Bonchev–Trinajstić information content (AvgIpc) is 2.32. The van der Waals surface area contributed by atoms with Crippen molar-refractivity contribution in [2.45, 2.75) is 6.92 Å². The number of carbonyl (C=O) groups excluding carboxylic acids is 1. The van der Waals surface area contributed by atoms with Crippen molar-refractivity contribution in [2.75, 3.05) is 11.1 Å². The minimum atomic E-state index is -0.229. The number of amides is 1. The van der Waals surface area contributed by atoms with E-state index < -0.39 is 0 Å². The van der Waals surface area contributed by atoms with Crippen LogP contribution >= 0.6 is 15.9 Å². The zero-order chi connectivity index (χ0) is 13.1. The SMILES string of the molecule is Cc1cccc(NC(=O)c2ccc(Br)c(N)c2)n1. The van der Waals surface area contributed by atoms with Gasteiger partial charge in [-0.2, -0.15) is 0 Å². The number of pyridine rings is 1. The highest BCUT2D eigenvalue weighted by Gasteiger charge is 2.08. The van der Waals surface area contributed by atoms with Gasteiger partial charge in [0.25, 0.3) is 5.91 Å². The van der Waals surface area contributed by atoms with Crippen LogP contribution in [0.25, 0.3) is 0 Å². The number of nitrogens with zero attached hydrogens (tertiary/aromatic N) is 1. The van der Waals surface area contributed by atoms with E-state index in [2.05, 4.69) is 26.2 Å². The minimum Gasteiger partial charge on any atom is -0.398 e. The second-order valence-electron chi connectivity index (χ2n) is 3.85. The van der Waals surface area contributed by atoms with Crippen molar-refractivity contribution in [1.29, 1.82) is 0 Å². The molecule has 0 aliphatic rings. The Labute approximate surface area is 113 Å². The first-order valence-corrected chi connectivity index (χ1v) is 6.15. The van der Waals surface area contributed by atoms with Crippen LogP contribution in [-0.4, -0.2) is 10.9 Å². The normalized spacial score (nSPS) is 10.1. The van der Waals surface area contributed by atoms with Gasteiger partial charge in [0.15, 0.2) is 0 Å². The smallest absolute Gasteiger partial charge is 0.256 e. The number of nitrogen functional groups attached to an aromatic ring is 1. The summed E-state index contributed by atoms with van der Waals surface area (Å²) in [4.78, 5) is 16.2. The standard InChI is InChI=1S/C13H12BrN3O/c1-8-3-2-4-12(16-8)17-13(18)9-5-6-10(14)11(15)7-9/h2-7H,15H2,1H3,(H,16,17,18). The van der Waals surface area contributed by atoms with Crippen LogP contribution in [0.3, 0.4) is 0 Å².